The molecule has 10 rings (SSSR count). The van der Waals surface area contributed by atoms with Gasteiger partial charge >= 0.3 is 0 Å². The molecule has 8 aromatic carbocycles. The van der Waals surface area contributed by atoms with E-state index < -0.39 is 0 Å². The molecule has 0 aliphatic carbocycles. The lowest BCUT2D eigenvalue weighted by Crippen LogP contribution is -1.96. The fourth-order valence-electron chi connectivity index (χ4n) is 7.17. The minimum absolute atomic E-state index is 0.714. The number of benzene rings is 8. The third-order valence-electron chi connectivity index (χ3n) is 9.24. The summed E-state index contributed by atoms with van der Waals surface area (Å²) in [5.74, 6) is 0.714. The highest BCUT2D eigenvalue weighted by molar-refractivity contribution is 6.32. The number of hydrogen-bond acceptors (Lipinski definition) is 3. The Bertz CT molecular complexity index is 2810. The fraction of sp³-hybridized carbons (Fsp3) is 0. The minimum atomic E-state index is 0.714. The standard InChI is InChI=1S/C42H24N2O/c1-2-11-26(12-3-1)39-35-21-18-25-10-4-5-13-28(25)40(35)44-42(43-39)27-19-20-33-36(24-27)30-15-7-6-14-29(30)32-22-23-34-31-16-8-9-17-37(31)45-41(34)38(32)33/h1-24H. The van der Waals surface area contributed by atoms with Crippen molar-refractivity contribution >= 4 is 75.9 Å². The molecule has 0 radical (unpaired) electrons. The first-order chi connectivity index (χ1) is 22.3. The van der Waals surface area contributed by atoms with Gasteiger partial charge in [0.25, 0.3) is 0 Å². The Kier molecular flexibility index (Phi) is 5.00. The van der Waals surface area contributed by atoms with Crippen LogP contribution in [0.2, 0.25) is 0 Å². The molecule has 3 heteroatoms. The summed E-state index contributed by atoms with van der Waals surface area (Å²) in [5.41, 5.74) is 5.79. The van der Waals surface area contributed by atoms with Crippen molar-refractivity contribution in [3.05, 3.63) is 146 Å². The van der Waals surface area contributed by atoms with Gasteiger partial charge in [-0.15, -0.1) is 0 Å². The van der Waals surface area contributed by atoms with Gasteiger partial charge in [0.05, 0.1) is 11.2 Å². The third-order valence-corrected chi connectivity index (χ3v) is 9.24. The van der Waals surface area contributed by atoms with E-state index in [4.69, 9.17) is 14.4 Å². The normalized spacial score (nSPS) is 12.0. The Morgan fingerprint density at radius 2 is 1.04 bits per heavy atom. The highest BCUT2D eigenvalue weighted by Crippen LogP contribution is 2.43. The van der Waals surface area contributed by atoms with E-state index in [-0.39, 0.29) is 0 Å². The smallest absolute Gasteiger partial charge is 0.160 e. The highest BCUT2D eigenvalue weighted by Gasteiger charge is 2.18. The monoisotopic (exact) mass is 572 g/mol. The van der Waals surface area contributed by atoms with Gasteiger partial charge in [0.1, 0.15) is 11.2 Å². The molecule has 2 heterocycles. The van der Waals surface area contributed by atoms with Crippen molar-refractivity contribution in [2.24, 2.45) is 0 Å². The number of para-hydroxylation sites is 1. The van der Waals surface area contributed by atoms with Crippen molar-refractivity contribution in [1.29, 1.82) is 0 Å². The third kappa shape index (κ3) is 3.52. The van der Waals surface area contributed by atoms with Crippen LogP contribution in [-0.2, 0) is 0 Å². The maximum absolute atomic E-state index is 6.57. The molecule has 0 saturated heterocycles. The summed E-state index contributed by atoms with van der Waals surface area (Å²) in [5, 5.41) is 12.7. The van der Waals surface area contributed by atoms with Crippen molar-refractivity contribution < 1.29 is 4.42 Å². The fourth-order valence-corrected chi connectivity index (χ4v) is 7.17. The van der Waals surface area contributed by atoms with Crippen LogP contribution in [0.1, 0.15) is 0 Å². The van der Waals surface area contributed by atoms with Crippen LogP contribution in [0.25, 0.3) is 98.6 Å². The first-order valence-electron chi connectivity index (χ1n) is 15.3. The largest absolute Gasteiger partial charge is 0.455 e. The van der Waals surface area contributed by atoms with E-state index in [0.717, 1.165) is 71.2 Å². The Hall–Kier alpha value is -6.06. The van der Waals surface area contributed by atoms with Crippen molar-refractivity contribution in [3.8, 4) is 22.6 Å². The molecular formula is C42H24N2O. The molecular weight excluding hydrogens is 548 g/mol. The summed E-state index contributed by atoms with van der Waals surface area (Å²) < 4.78 is 6.57. The maximum Gasteiger partial charge on any atom is 0.160 e. The zero-order chi connectivity index (χ0) is 29.5. The molecule has 0 fully saturated rings. The topological polar surface area (TPSA) is 38.9 Å². The molecule has 10 aromatic rings. The summed E-state index contributed by atoms with van der Waals surface area (Å²) in [6, 6.07) is 51.3. The van der Waals surface area contributed by atoms with Crippen LogP contribution < -0.4 is 0 Å². The molecule has 3 nitrogen and oxygen atoms in total. The van der Waals surface area contributed by atoms with E-state index in [1.165, 1.54) is 21.5 Å². The Morgan fingerprint density at radius 3 is 1.91 bits per heavy atom. The average Bonchev–Trinajstić information content (AvgIpc) is 3.50. The van der Waals surface area contributed by atoms with Gasteiger partial charge in [0, 0.05) is 38.1 Å². The Balaban J connectivity index is 1.32. The van der Waals surface area contributed by atoms with E-state index in [0.29, 0.717) is 5.82 Å². The van der Waals surface area contributed by atoms with Gasteiger partial charge in [-0.25, -0.2) is 9.97 Å². The van der Waals surface area contributed by atoms with Crippen LogP contribution >= 0.6 is 0 Å². The number of rotatable bonds is 2. The van der Waals surface area contributed by atoms with Crippen LogP contribution in [-0.4, -0.2) is 9.97 Å². The first-order valence-corrected chi connectivity index (χ1v) is 15.3. The molecule has 0 aliphatic heterocycles. The average molecular weight is 573 g/mol. The van der Waals surface area contributed by atoms with Crippen molar-refractivity contribution in [2.75, 3.05) is 0 Å². The number of fused-ring (bicyclic) bond motifs is 13. The number of aromatic nitrogens is 2. The van der Waals surface area contributed by atoms with Crippen molar-refractivity contribution in [3.63, 3.8) is 0 Å². The Morgan fingerprint density at radius 1 is 0.400 bits per heavy atom. The van der Waals surface area contributed by atoms with Gasteiger partial charge in [0.2, 0.25) is 0 Å². The van der Waals surface area contributed by atoms with Crippen LogP contribution in [0.4, 0.5) is 0 Å². The number of hydrogen-bond donors (Lipinski definition) is 0. The molecule has 208 valence electrons. The molecule has 45 heavy (non-hydrogen) atoms. The summed E-state index contributed by atoms with van der Waals surface area (Å²) in [6.45, 7) is 0. The summed E-state index contributed by atoms with van der Waals surface area (Å²) >= 11 is 0. The van der Waals surface area contributed by atoms with Gasteiger partial charge in [-0.2, -0.15) is 0 Å². The van der Waals surface area contributed by atoms with E-state index in [9.17, 15) is 0 Å². The zero-order valence-electron chi connectivity index (χ0n) is 24.2. The Labute approximate surface area is 258 Å². The van der Waals surface area contributed by atoms with Gasteiger partial charge in [-0.3, -0.25) is 0 Å². The van der Waals surface area contributed by atoms with Crippen LogP contribution in [0.5, 0.6) is 0 Å². The molecule has 0 saturated carbocycles. The van der Waals surface area contributed by atoms with Gasteiger partial charge in [-0.05, 0) is 56.6 Å². The predicted molar refractivity (Wildman–Crippen MR) is 188 cm³/mol. The quantitative estimate of drug-likeness (QED) is 0.193. The second-order valence-electron chi connectivity index (χ2n) is 11.7. The molecule has 0 atom stereocenters. The second-order valence-corrected chi connectivity index (χ2v) is 11.7. The zero-order valence-corrected chi connectivity index (χ0v) is 24.2. The lowest BCUT2D eigenvalue weighted by molar-refractivity contribution is 0.673. The summed E-state index contributed by atoms with van der Waals surface area (Å²) in [7, 11) is 0. The summed E-state index contributed by atoms with van der Waals surface area (Å²) in [4.78, 5) is 10.5. The SMILES string of the molecule is c1ccc(-c2nc(-c3ccc4c(c3)c3ccccc3c3ccc5c6ccccc6oc5c34)nc3c2ccc2ccccc23)cc1. The van der Waals surface area contributed by atoms with Crippen molar-refractivity contribution in [1.82, 2.24) is 9.97 Å². The molecule has 0 N–H and O–H groups in total. The molecule has 0 amide bonds. The molecule has 2 aromatic heterocycles. The van der Waals surface area contributed by atoms with E-state index in [1.807, 2.05) is 18.2 Å². The number of nitrogens with zero attached hydrogens (tertiary/aromatic N) is 2. The van der Waals surface area contributed by atoms with Gasteiger partial charge in [-0.1, -0.05) is 121 Å². The second kappa shape index (κ2) is 9.22. The predicted octanol–water partition coefficient (Wildman–Crippen LogP) is 11.5. The van der Waals surface area contributed by atoms with E-state index in [1.54, 1.807) is 0 Å². The maximum atomic E-state index is 6.57. The van der Waals surface area contributed by atoms with Crippen LogP contribution in [0.3, 0.4) is 0 Å². The lowest BCUT2D eigenvalue weighted by Gasteiger charge is -2.14. The first kappa shape index (κ1) is 24.4. The summed E-state index contributed by atoms with van der Waals surface area (Å²) in [6.07, 6.45) is 0. The molecule has 0 aliphatic rings. The van der Waals surface area contributed by atoms with Crippen LogP contribution in [0, 0.1) is 0 Å². The lowest BCUT2D eigenvalue weighted by atomic mass is 9.92. The van der Waals surface area contributed by atoms with E-state index in [2.05, 4.69) is 127 Å². The van der Waals surface area contributed by atoms with E-state index >= 15 is 0 Å². The molecule has 0 bridgehead atoms. The van der Waals surface area contributed by atoms with Gasteiger partial charge < -0.3 is 4.42 Å². The number of furan rings is 1. The van der Waals surface area contributed by atoms with Crippen molar-refractivity contribution in [2.45, 2.75) is 0 Å². The van der Waals surface area contributed by atoms with Gasteiger partial charge in [0.15, 0.2) is 5.82 Å². The highest BCUT2D eigenvalue weighted by atomic mass is 16.3. The minimum Gasteiger partial charge on any atom is -0.455 e. The molecule has 0 spiro atoms. The molecule has 0 unspecified atom stereocenters. The van der Waals surface area contributed by atoms with Crippen LogP contribution in [0.15, 0.2) is 150 Å².